The molecular weight excluding hydrogens is 214 g/mol. The monoisotopic (exact) mass is 233 g/mol. The molecule has 1 saturated heterocycles. The largest absolute Gasteiger partial charge is 0.478 e. The second kappa shape index (κ2) is 4.88. The fourth-order valence-electron chi connectivity index (χ4n) is 2.61. The predicted octanol–water partition coefficient (Wildman–Crippen LogP) is 2.41. The first kappa shape index (κ1) is 12.1. The summed E-state index contributed by atoms with van der Waals surface area (Å²) in [5, 5.41) is 12.5. The van der Waals surface area contributed by atoms with E-state index in [1.807, 2.05) is 19.1 Å². The van der Waals surface area contributed by atoms with Gasteiger partial charge >= 0.3 is 5.97 Å². The summed E-state index contributed by atoms with van der Waals surface area (Å²) in [6.45, 7) is 6.10. The molecule has 0 aliphatic carbocycles. The Balaban J connectivity index is 2.32. The van der Waals surface area contributed by atoms with E-state index < -0.39 is 5.97 Å². The molecule has 3 nitrogen and oxygen atoms in total. The normalized spacial score (nSPS) is 24.6. The minimum atomic E-state index is -0.828. The number of aryl methyl sites for hydroxylation is 1. The summed E-state index contributed by atoms with van der Waals surface area (Å²) in [5.74, 6) is 0.217. The topological polar surface area (TPSA) is 49.3 Å². The van der Waals surface area contributed by atoms with Crippen molar-refractivity contribution in [1.82, 2.24) is 5.32 Å². The molecule has 2 N–H and O–H groups in total. The Morgan fingerprint density at radius 3 is 2.88 bits per heavy atom. The fraction of sp³-hybridized carbons (Fsp3) is 0.500. The van der Waals surface area contributed by atoms with Gasteiger partial charge in [0.25, 0.3) is 0 Å². The number of carboxylic acid groups (broad SMARTS) is 1. The molecule has 0 unspecified atom stereocenters. The van der Waals surface area contributed by atoms with E-state index in [0.717, 1.165) is 25.1 Å². The molecule has 2 atom stereocenters. The lowest BCUT2D eigenvalue weighted by Crippen LogP contribution is -2.33. The standard InChI is InChI=1S/C14H19NO2/c1-9-3-4-11(7-13(9)14(16)17)12-5-6-15-8-10(12)2/h3-4,7,10,12,15H,5-6,8H2,1-2H3,(H,16,17)/t10-,12-/m0/s1. The van der Waals surface area contributed by atoms with Crippen LogP contribution in [0.2, 0.25) is 0 Å². The summed E-state index contributed by atoms with van der Waals surface area (Å²) in [5.41, 5.74) is 2.44. The maximum absolute atomic E-state index is 11.1. The molecule has 17 heavy (non-hydrogen) atoms. The van der Waals surface area contributed by atoms with Gasteiger partial charge in [0.15, 0.2) is 0 Å². The highest BCUT2D eigenvalue weighted by atomic mass is 16.4. The minimum Gasteiger partial charge on any atom is -0.478 e. The molecule has 0 bridgehead atoms. The number of aromatic carboxylic acids is 1. The molecule has 3 heteroatoms. The number of piperidine rings is 1. The molecular formula is C14H19NO2. The number of hydrogen-bond acceptors (Lipinski definition) is 2. The zero-order chi connectivity index (χ0) is 12.4. The number of carboxylic acids is 1. The Morgan fingerprint density at radius 2 is 2.24 bits per heavy atom. The number of hydrogen-bond donors (Lipinski definition) is 2. The summed E-state index contributed by atoms with van der Waals surface area (Å²) >= 11 is 0. The molecule has 1 heterocycles. The van der Waals surface area contributed by atoms with Crippen molar-refractivity contribution in [2.45, 2.75) is 26.2 Å². The molecule has 1 aliphatic rings. The van der Waals surface area contributed by atoms with E-state index in [4.69, 9.17) is 5.11 Å². The van der Waals surface area contributed by atoms with Crippen LogP contribution < -0.4 is 5.32 Å². The molecule has 92 valence electrons. The van der Waals surface area contributed by atoms with Gasteiger partial charge in [0.05, 0.1) is 5.56 Å². The summed E-state index contributed by atoms with van der Waals surface area (Å²) in [7, 11) is 0. The molecule has 0 aromatic heterocycles. The van der Waals surface area contributed by atoms with E-state index in [9.17, 15) is 4.79 Å². The first-order valence-electron chi connectivity index (χ1n) is 6.14. The van der Waals surface area contributed by atoms with E-state index in [1.165, 1.54) is 5.56 Å². The van der Waals surface area contributed by atoms with Crippen molar-refractivity contribution in [1.29, 1.82) is 0 Å². The Bertz CT molecular complexity index is 428. The number of nitrogens with one attached hydrogen (secondary N) is 1. The van der Waals surface area contributed by atoms with Crippen molar-refractivity contribution in [2.24, 2.45) is 5.92 Å². The van der Waals surface area contributed by atoms with Crippen molar-refractivity contribution < 1.29 is 9.90 Å². The smallest absolute Gasteiger partial charge is 0.335 e. The van der Waals surface area contributed by atoms with Crippen molar-refractivity contribution in [3.8, 4) is 0 Å². The summed E-state index contributed by atoms with van der Waals surface area (Å²) in [6.07, 6.45) is 1.09. The zero-order valence-corrected chi connectivity index (χ0v) is 10.4. The lowest BCUT2D eigenvalue weighted by atomic mass is 9.81. The predicted molar refractivity (Wildman–Crippen MR) is 67.5 cm³/mol. The van der Waals surface area contributed by atoms with Crippen molar-refractivity contribution in [2.75, 3.05) is 13.1 Å². The summed E-state index contributed by atoms with van der Waals surface area (Å²) in [6, 6.07) is 5.85. The number of benzene rings is 1. The van der Waals surface area contributed by atoms with E-state index in [0.29, 0.717) is 17.4 Å². The van der Waals surface area contributed by atoms with E-state index in [2.05, 4.69) is 18.3 Å². The molecule has 1 aromatic rings. The highest BCUT2D eigenvalue weighted by molar-refractivity contribution is 5.89. The van der Waals surface area contributed by atoms with E-state index in [-0.39, 0.29) is 0 Å². The van der Waals surface area contributed by atoms with Crippen LogP contribution in [0.1, 0.15) is 40.7 Å². The summed E-state index contributed by atoms with van der Waals surface area (Å²) < 4.78 is 0. The van der Waals surface area contributed by atoms with Gasteiger partial charge in [0.2, 0.25) is 0 Å². The zero-order valence-electron chi connectivity index (χ0n) is 10.4. The van der Waals surface area contributed by atoms with Crippen LogP contribution in [0.3, 0.4) is 0 Å². The molecule has 1 aromatic carbocycles. The van der Waals surface area contributed by atoms with Crippen LogP contribution in [-0.4, -0.2) is 24.2 Å². The Labute approximate surface area is 102 Å². The average Bonchev–Trinajstić information content (AvgIpc) is 2.30. The van der Waals surface area contributed by atoms with E-state index >= 15 is 0 Å². The van der Waals surface area contributed by atoms with Gasteiger partial charge in [-0.3, -0.25) is 0 Å². The molecule has 0 radical (unpaired) electrons. The molecule has 2 rings (SSSR count). The lowest BCUT2D eigenvalue weighted by Gasteiger charge is -2.30. The highest BCUT2D eigenvalue weighted by Crippen LogP contribution is 2.31. The molecule has 0 saturated carbocycles. The van der Waals surface area contributed by atoms with Gasteiger partial charge in [-0.25, -0.2) is 4.79 Å². The van der Waals surface area contributed by atoms with Crippen LogP contribution in [0.4, 0.5) is 0 Å². The van der Waals surface area contributed by atoms with Gasteiger partial charge in [-0.2, -0.15) is 0 Å². The van der Waals surface area contributed by atoms with Gasteiger partial charge in [-0.1, -0.05) is 19.1 Å². The van der Waals surface area contributed by atoms with Crippen LogP contribution in [0.25, 0.3) is 0 Å². The minimum absolute atomic E-state index is 0.438. The second-order valence-corrected chi connectivity index (χ2v) is 4.96. The van der Waals surface area contributed by atoms with Crippen LogP contribution in [0, 0.1) is 12.8 Å². The van der Waals surface area contributed by atoms with Gasteiger partial charge in [0.1, 0.15) is 0 Å². The number of rotatable bonds is 2. The lowest BCUT2D eigenvalue weighted by molar-refractivity contribution is 0.0696. The third kappa shape index (κ3) is 2.50. The first-order chi connectivity index (χ1) is 8.09. The maximum Gasteiger partial charge on any atom is 0.335 e. The van der Waals surface area contributed by atoms with Gasteiger partial charge < -0.3 is 10.4 Å². The van der Waals surface area contributed by atoms with Crippen LogP contribution in [0.15, 0.2) is 18.2 Å². The fourth-order valence-corrected chi connectivity index (χ4v) is 2.61. The van der Waals surface area contributed by atoms with Crippen molar-refractivity contribution in [3.63, 3.8) is 0 Å². The number of carbonyl (C=O) groups is 1. The third-order valence-corrected chi connectivity index (χ3v) is 3.71. The van der Waals surface area contributed by atoms with Gasteiger partial charge in [0, 0.05) is 0 Å². The van der Waals surface area contributed by atoms with Crippen molar-refractivity contribution >= 4 is 5.97 Å². The Morgan fingerprint density at radius 1 is 1.47 bits per heavy atom. The molecule has 0 amide bonds. The molecule has 1 fully saturated rings. The van der Waals surface area contributed by atoms with Gasteiger partial charge in [-0.15, -0.1) is 0 Å². The third-order valence-electron chi connectivity index (χ3n) is 3.71. The molecule has 0 spiro atoms. The quantitative estimate of drug-likeness (QED) is 0.824. The SMILES string of the molecule is Cc1ccc([C@H]2CCNC[C@@H]2C)cc1C(=O)O. The van der Waals surface area contributed by atoms with Crippen LogP contribution in [0.5, 0.6) is 0 Å². The van der Waals surface area contributed by atoms with Crippen LogP contribution >= 0.6 is 0 Å². The first-order valence-corrected chi connectivity index (χ1v) is 6.14. The maximum atomic E-state index is 11.1. The Hall–Kier alpha value is -1.35. The molecule has 1 aliphatic heterocycles. The van der Waals surface area contributed by atoms with E-state index in [1.54, 1.807) is 0 Å². The highest BCUT2D eigenvalue weighted by Gasteiger charge is 2.23. The average molecular weight is 233 g/mol. The van der Waals surface area contributed by atoms with Crippen molar-refractivity contribution in [3.05, 3.63) is 34.9 Å². The summed E-state index contributed by atoms with van der Waals surface area (Å²) in [4.78, 5) is 11.1. The Kier molecular flexibility index (Phi) is 3.48. The second-order valence-electron chi connectivity index (χ2n) is 4.96. The van der Waals surface area contributed by atoms with Gasteiger partial charge in [-0.05, 0) is 55.5 Å². The van der Waals surface area contributed by atoms with Crippen LogP contribution in [-0.2, 0) is 0 Å².